The molecule has 0 spiro atoms. The molecule has 3 rings (SSSR count). The minimum atomic E-state index is -0.281. The molecule has 2 amide bonds. The highest BCUT2D eigenvalue weighted by Gasteiger charge is 2.41. The van der Waals surface area contributed by atoms with Crippen molar-refractivity contribution in [2.45, 2.75) is 45.1 Å². The number of rotatable bonds is 4. The summed E-state index contributed by atoms with van der Waals surface area (Å²) in [5.41, 5.74) is 0. The van der Waals surface area contributed by atoms with Crippen molar-refractivity contribution in [1.29, 1.82) is 0 Å². The Hall–Kier alpha value is -1.63. The molecule has 7 heteroatoms. The Balaban J connectivity index is 1.57. The Morgan fingerprint density at radius 2 is 1.92 bits per heavy atom. The van der Waals surface area contributed by atoms with E-state index in [1.807, 2.05) is 4.90 Å². The summed E-state index contributed by atoms with van der Waals surface area (Å²) in [6, 6.07) is 0.202. The molecule has 0 saturated carbocycles. The number of amides is 2. The first-order valence-corrected chi connectivity index (χ1v) is 9.42. The summed E-state index contributed by atoms with van der Waals surface area (Å²) in [6.45, 7) is 5.10. The molecule has 3 aliphatic rings. The Labute approximate surface area is 148 Å². The van der Waals surface area contributed by atoms with Gasteiger partial charge in [0.2, 0.25) is 11.8 Å². The molecule has 0 aromatic heterocycles. The monoisotopic (exact) mass is 352 g/mol. The van der Waals surface area contributed by atoms with E-state index < -0.39 is 0 Å². The van der Waals surface area contributed by atoms with Crippen molar-refractivity contribution < 1.29 is 23.9 Å². The maximum Gasteiger partial charge on any atom is 0.310 e. The van der Waals surface area contributed by atoms with Gasteiger partial charge in [0.25, 0.3) is 0 Å². The number of carbonyl (C=O) groups is 3. The van der Waals surface area contributed by atoms with Gasteiger partial charge in [0.15, 0.2) is 0 Å². The van der Waals surface area contributed by atoms with E-state index >= 15 is 0 Å². The quantitative estimate of drug-likeness (QED) is 0.700. The zero-order valence-electron chi connectivity index (χ0n) is 14.9. The number of carbonyl (C=O) groups excluding carboxylic acids is 3. The van der Waals surface area contributed by atoms with Gasteiger partial charge in [0.1, 0.15) is 0 Å². The molecular weight excluding hydrogens is 324 g/mol. The lowest BCUT2D eigenvalue weighted by atomic mass is 9.96. The average Bonchev–Trinajstić information content (AvgIpc) is 3.04. The van der Waals surface area contributed by atoms with Gasteiger partial charge in [-0.05, 0) is 32.6 Å². The summed E-state index contributed by atoms with van der Waals surface area (Å²) in [5, 5.41) is 0. The second-order valence-electron chi connectivity index (χ2n) is 7.17. The van der Waals surface area contributed by atoms with E-state index in [1.54, 1.807) is 11.8 Å². The first kappa shape index (κ1) is 18.2. The fourth-order valence-corrected chi connectivity index (χ4v) is 4.13. The summed E-state index contributed by atoms with van der Waals surface area (Å²) >= 11 is 0. The van der Waals surface area contributed by atoms with Crippen LogP contribution in [0.2, 0.25) is 0 Å². The molecule has 3 aliphatic heterocycles. The van der Waals surface area contributed by atoms with Gasteiger partial charge in [-0.2, -0.15) is 0 Å². The van der Waals surface area contributed by atoms with Crippen LogP contribution < -0.4 is 0 Å². The number of piperidine rings is 1. The maximum atomic E-state index is 12.9. The number of likely N-dealkylation sites (tertiary alicyclic amines) is 2. The van der Waals surface area contributed by atoms with Crippen LogP contribution in [0.15, 0.2) is 0 Å². The molecule has 0 radical (unpaired) electrons. The van der Waals surface area contributed by atoms with Gasteiger partial charge in [-0.15, -0.1) is 0 Å². The van der Waals surface area contributed by atoms with E-state index in [-0.39, 0.29) is 42.1 Å². The van der Waals surface area contributed by atoms with Crippen molar-refractivity contribution in [3.05, 3.63) is 0 Å². The highest BCUT2D eigenvalue weighted by atomic mass is 16.5. The van der Waals surface area contributed by atoms with E-state index in [4.69, 9.17) is 9.47 Å². The number of esters is 1. The summed E-state index contributed by atoms with van der Waals surface area (Å²) in [4.78, 5) is 40.8. The SMILES string of the molecule is CCOC(=O)C1CCCN(C(=O)C2CC(=O)N(C3CCOCC3)C2)C1. The first-order chi connectivity index (χ1) is 12.1. The Bertz CT molecular complexity index is 518. The van der Waals surface area contributed by atoms with E-state index in [0.717, 1.165) is 25.7 Å². The van der Waals surface area contributed by atoms with Gasteiger partial charge in [-0.1, -0.05) is 0 Å². The van der Waals surface area contributed by atoms with Gasteiger partial charge in [0.05, 0.1) is 18.4 Å². The van der Waals surface area contributed by atoms with Crippen molar-refractivity contribution in [3.63, 3.8) is 0 Å². The lowest BCUT2D eigenvalue weighted by Crippen LogP contribution is -2.46. The third-order valence-corrected chi connectivity index (χ3v) is 5.49. The van der Waals surface area contributed by atoms with Crippen LogP contribution in [-0.4, -0.2) is 73.1 Å². The smallest absolute Gasteiger partial charge is 0.310 e. The Morgan fingerprint density at radius 1 is 1.16 bits per heavy atom. The minimum absolute atomic E-state index is 0.0110. The van der Waals surface area contributed by atoms with Crippen molar-refractivity contribution in [1.82, 2.24) is 9.80 Å². The van der Waals surface area contributed by atoms with E-state index in [0.29, 0.717) is 39.5 Å². The lowest BCUT2D eigenvalue weighted by Gasteiger charge is -2.34. The van der Waals surface area contributed by atoms with Crippen LogP contribution in [0.3, 0.4) is 0 Å². The largest absolute Gasteiger partial charge is 0.466 e. The van der Waals surface area contributed by atoms with Gasteiger partial charge >= 0.3 is 5.97 Å². The number of ether oxygens (including phenoxy) is 2. The summed E-state index contributed by atoms with van der Waals surface area (Å²) < 4.78 is 10.5. The van der Waals surface area contributed by atoms with Crippen molar-refractivity contribution in [2.24, 2.45) is 11.8 Å². The summed E-state index contributed by atoms with van der Waals surface area (Å²) in [7, 11) is 0. The molecule has 140 valence electrons. The van der Waals surface area contributed by atoms with Gasteiger partial charge in [0, 0.05) is 45.3 Å². The predicted molar refractivity (Wildman–Crippen MR) is 89.6 cm³/mol. The molecule has 7 nitrogen and oxygen atoms in total. The minimum Gasteiger partial charge on any atom is -0.466 e. The first-order valence-electron chi connectivity index (χ1n) is 9.42. The number of hydrogen-bond donors (Lipinski definition) is 0. The van der Waals surface area contributed by atoms with Crippen LogP contribution in [0.1, 0.15) is 39.0 Å². The fraction of sp³-hybridized carbons (Fsp3) is 0.833. The molecular formula is C18H28N2O5. The highest BCUT2D eigenvalue weighted by molar-refractivity contribution is 5.89. The molecule has 0 aliphatic carbocycles. The van der Waals surface area contributed by atoms with Gasteiger partial charge < -0.3 is 19.3 Å². The van der Waals surface area contributed by atoms with Crippen LogP contribution >= 0.6 is 0 Å². The maximum absolute atomic E-state index is 12.9. The predicted octanol–water partition coefficient (Wildman–Crippen LogP) is 0.816. The molecule has 3 heterocycles. The number of nitrogens with zero attached hydrogens (tertiary/aromatic N) is 2. The average molecular weight is 352 g/mol. The third-order valence-electron chi connectivity index (χ3n) is 5.49. The van der Waals surface area contributed by atoms with Gasteiger partial charge in [-0.25, -0.2) is 0 Å². The molecule has 0 bridgehead atoms. The molecule has 3 saturated heterocycles. The second-order valence-corrected chi connectivity index (χ2v) is 7.17. The Morgan fingerprint density at radius 3 is 2.64 bits per heavy atom. The lowest BCUT2D eigenvalue weighted by molar-refractivity contribution is -0.152. The fourth-order valence-electron chi connectivity index (χ4n) is 4.13. The van der Waals surface area contributed by atoms with Crippen LogP contribution in [-0.2, 0) is 23.9 Å². The van der Waals surface area contributed by atoms with E-state index in [2.05, 4.69) is 0 Å². The van der Waals surface area contributed by atoms with Crippen LogP contribution in [0.25, 0.3) is 0 Å². The zero-order chi connectivity index (χ0) is 17.8. The molecule has 2 unspecified atom stereocenters. The molecule has 25 heavy (non-hydrogen) atoms. The zero-order valence-corrected chi connectivity index (χ0v) is 14.9. The Kier molecular flexibility index (Phi) is 5.93. The van der Waals surface area contributed by atoms with Crippen LogP contribution in [0.5, 0.6) is 0 Å². The topological polar surface area (TPSA) is 76.2 Å². The molecule has 2 atom stereocenters. The molecule has 0 aromatic carbocycles. The second kappa shape index (κ2) is 8.17. The van der Waals surface area contributed by atoms with E-state index in [9.17, 15) is 14.4 Å². The highest BCUT2D eigenvalue weighted by Crippen LogP contribution is 2.28. The normalized spacial score (nSPS) is 28.3. The molecule has 0 N–H and O–H groups in total. The van der Waals surface area contributed by atoms with Crippen LogP contribution in [0, 0.1) is 11.8 Å². The van der Waals surface area contributed by atoms with Crippen molar-refractivity contribution in [3.8, 4) is 0 Å². The number of hydrogen-bond acceptors (Lipinski definition) is 5. The molecule has 0 aromatic rings. The standard InChI is InChI=1S/C18H28N2O5/c1-2-25-18(23)13-4-3-7-19(11-13)17(22)14-10-16(21)20(12-14)15-5-8-24-9-6-15/h13-15H,2-12H2,1H3. The summed E-state index contributed by atoms with van der Waals surface area (Å²) in [5.74, 6) is -0.648. The third kappa shape index (κ3) is 4.14. The van der Waals surface area contributed by atoms with E-state index in [1.165, 1.54) is 0 Å². The molecule has 3 fully saturated rings. The van der Waals surface area contributed by atoms with Crippen molar-refractivity contribution in [2.75, 3.05) is 39.5 Å². The summed E-state index contributed by atoms with van der Waals surface area (Å²) in [6.07, 6.45) is 3.55. The van der Waals surface area contributed by atoms with Crippen LogP contribution in [0.4, 0.5) is 0 Å². The van der Waals surface area contributed by atoms with Gasteiger partial charge in [-0.3, -0.25) is 14.4 Å². The van der Waals surface area contributed by atoms with Crippen molar-refractivity contribution >= 4 is 17.8 Å².